The molecule has 1 aliphatic rings. The molecule has 4 nitrogen and oxygen atoms in total. The Bertz CT molecular complexity index is 818. The largest absolute Gasteiger partial charge is 0.340 e. The monoisotopic (exact) mass is 342 g/mol. The molecule has 0 amide bonds. The van der Waals surface area contributed by atoms with E-state index in [9.17, 15) is 8.42 Å². The molecule has 1 saturated heterocycles. The van der Waals surface area contributed by atoms with Crippen LogP contribution in [0.5, 0.6) is 0 Å². The number of ether oxygens (including phenoxy) is 2. The van der Waals surface area contributed by atoms with Crippen molar-refractivity contribution >= 4 is 15.9 Å². The molecule has 0 aromatic heterocycles. The van der Waals surface area contributed by atoms with Crippen LogP contribution in [0.3, 0.4) is 0 Å². The highest BCUT2D eigenvalue weighted by Gasteiger charge is 2.36. The Balaban J connectivity index is 1.83. The van der Waals surface area contributed by atoms with E-state index >= 15 is 0 Å². The van der Waals surface area contributed by atoms with E-state index < -0.39 is 15.6 Å². The lowest BCUT2D eigenvalue weighted by atomic mass is 10.1. The minimum atomic E-state index is -3.53. The quantitative estimate of drug-likeness (QED) is 0.835. The lowest BCUT2D eigenvalue weighted by Crippen LogP contribution is -2.24. The van der Waals surface area contributed by atoms with Gasteiger partial charge >= 0.3 is 0 Å². The van der Waals surface area contributed by atoms with Crippen molar-refractivity contribution in [2.45, 2.75) is 5.79 Å². The second kappa shape index (κ2) is 7.13. The molecule has 124 valence electrons. The lowest BCUT2D eigenvalue weighted by Gasteiger charge is -2.23. The van der Waals surface area contributed by atoms with Gasteiger partial charge in [-0.2, -0.15) is 0 Å². The Hall–Kier alpha value is -2.21. The summed E-state index contributed by atoms with van der Waals surface area (Å²) in [5.74, 6) is -1.14. The molecule has 1 aliphatic heterocycles. The van der Waals surface area contributed by atoms with Gasteiger partial charge in [0.05, 0.1) is 13.2 Å². The van der Waals surface area contributed by atoms with Gasteiger partial charge in [-0.3, -0.25) is 0 Å². The first-order chi connectivity index (χ1) is 11.6. The van der Waals surface area contributed by atoms with Crippen molar-refractivity contribution in [2.24, 2.45) is 0 Å². The third-order valence-corrected chi connectivity index (χ3v) is 4.65. The molecule has 0 atom stereocenters. The van der Waals surface area contributed by atoms with Crippen molar-refractivity contribution in [3.63, 3.8) is 0 Å². The van der Waals surface area contributed by atoms with Gasteiger partial charge in [0, 0.05) is 16.4 Å². The summed E-state index contributed by atoms with van der Waals surface area (Å²) in [5.41, 5.74) is 1.58. The zero-order valence-electron chi connectivity index (χ0n) is 13.0. The molecule has 24 heavy (non-hydrogen) atoms. The molecule has 2 aromatic carbocycles. The summed E-state index contributed by atoms with van der Waals surface area (Å²) in [7, 11) is -3.53. The predicted molar refractivity (Wildman–Crippen MR) is 93.6 cm³/mol. The topological polar surface area (TPSA) is 52.6 Å². The Morgan fingerprint density at radius 2 is 1.42 bits per heavy atom. The van der Waals surface area contributed by atoms with Crippen LogP contribution in [0.15, 0.2) is 77.6 Å². The zero-order valence-corrected chi connectivity index (χ0v) is 13.9. The van der Waals surface area contributed by atoms with E-state index in [4.69, 9.17) is 9.47 Å². The van der Waals surface area contributed by atoms with Crippen LogP contribution in [0, 0.1) is 0 Å². The Kier molecular flexibility index (Phi) is 4.94. The molecule has 0 saturated carbocycles. The fourth-order valence-electron chi connectivity index (χ4n) is 2.43. The number of rotatable bonds is 5. The molecule has 0 aliphatic carbocycles. The zero-order chi connectivity index (χ0) is 16.9. The Labute approximate surface area is 142 Å². The van der Waals surface area contributed by atoms with Gasteiger partial charge in [0.2, 0.25) is 5.79 Å². The molecule has 1 fully saturated rings. The molecule has 2 aromatic rings. The summed E-state index contributed by atoms with van der Waals surface area (Å²) in [5, 5.41) is 2.30. The summed E-state index contributed by atoms with van der Waals surface area (Å²) >= 11 is 0. The SMILES string of the molecule is O=S(=O)(/C=C/c1ccccc1)/C=C/C1(c2ccccc2)OCCO1. The summed E-state index contributed by atoms with van der Waals surface area (Å²) in [6.45, 7) is 0.832. The smallest absolute Gasteiger partial charge is 0.216 e. The molecule has 0 bridgehead atoms. The van der Waals surface area contributed by atoms with Crippen LogP contribution >= 0.6 is 0 Å². The standard InChI is InChI=1S/C19H18O4S/c20-24(21,15-11-17-7-3-1-4-8-17)16-12-19(22-13-14-23-19)18-9-5-2-6-10-18/h1-12,15-16H,13-14H2/b15-11+,16-12+. The number of hydrogen-bond donors (Lipinski definition) is 0. The van der Waals surface area contributed by atoms with E-state index in [-0.39, 0.29) is 0 Å². The maximum absolute atomic E-state index is 12.2. The van der Waals surface area contributed by atoms with Crippen molar-refractivity contribution < 1.29 is 17.9 Å². The van der Waals surface area contributed by atoms with E-state index in [1.54, 1.807) is 6.08 Å². The van der Waals surface area contributed by atoms with Gasteiger partial charge in [-0.15, -0.1) is 0 Å². The van der Waals surface area contributed by atoms with Crippen LogP contribution in [-0.4, -0.2) is 21.6 Å². The van der Waals surface area contributed by atoms with Crippen molar-refractivity contribution in [1.29, 1.82) is 0 Å². The fourth-order valence-corrected chi connectivity index (χ4v) is 3.23. The summed E-state index contributed by atoms with van der Waals surface area (Å²) in [4.78, 5) is 0. The van der Waals surface area contributed by atoms with Crippen LogP contribution < -0.4 is 0 Å². The van der Waals surface area contributed by atoms with Crippen LogP contribution in [0.4, 0.5) is 0 Å². The first-order valence-electron chi connectivity index (χ1n) is 7.61. The highest BCUT2D eigenvalue weighted by molar-refractivity contribution is 7.97. The van der Waals surface area contributed by atoms with E-state index in [0.29, 0.717) is 13.2 Å². The van der Waals surface area contributed by atoms with E-state index in [0.717, 1.165) is 16.5 Å². The van der Waals surface area contributed by atoms with Gasteiger partial charge < -0.3 is 9.47 Å². The van der Waals surface area contributed by atoms with Gasteiger partial charge in [0.25, 0.3) is 0 Å². The average molecular weight is 342 g/mol. The maximum Gasteiger partial charge on any atom is 0.216 e. The first kappa shape index (κ1) is 16.6. The molecule has 0 unspecified atom stereocenters. The molecule has 5 heteroatoms. The molecule has 0 spiro atoms. The van der Waals surface area contributed by atoms with Gasteiger partial charge in [-0.25, -0.2) is 8.42 Å². The predicted octanol–water partition coefficient (Wildman–Crippen LogP) is 3.49. The van der Waals surface area contributed by atoms with Crippen molar-refractivity contribution in [1.82, 2.24) is 0 Å². The fraction of sp³-hybridized carbons (Fsp3) is 0.158. The van der Waals surface area contributed by atoms with Gasteiger partial charge in [0.15, 0.2) is 9.84 Å². The molecular weight excluding hydrogens is 324 g/mol. The van der Waals surface area contributed by atoms with Crippen LogP contribution in [0.1, 0.15) is 11.1 Å². The van der Waals surface area contributed by atoms with Crippen LogP contribution in [0.25, 0.3) is 6.08 Å². The molecule has 0 radical (unpaired) electrons. The number of benzene rings is 2. The maximum atomic E-state index is 12.2. The Morgan fingerprint density at radius 1 is 0.833 bits per heavy atom. The highest BCUT2D eigenvalue weighted by Crippen LogP contribution is 2.33. The first-order valence-corrected chi connectivity index (χ1v) is 9.22. The van der Waals surface area contributed by atoms with Gasteiger partial charge in [-0.1, -0.05) is 60.7 Å². The number of sulfone groups is 1. The average Bonchev–Trinajstić information content (AvgIpc) is 3.11. The molecule has 1 heterocycles. The Morgan fingerprint density at radius 3 is 2.04 bits per heavy atom. The summed E-state index contributed by atoms with van der Waals surface area (Å²) in [6, 6.07) is 18.6. The van der Waals surface area contributed by atoms with Gasteiger partial charge in [0.1, 0.15) is 0 Å². The highest BCUT2D eigenvalue weighted by atomic mass is 32.2. The summed E-state index contributed by atoms with van der Waals surface area (Å²) < 4.78 is 35.9. The minimum Gasteiger partial charge on any atom is -0.340 e. The van der Waals surface area contributed by atoms with E-state index in [1.807, 2.05) is 60.7 Å². The number of hydrogen-bond acceptors (Lipinski definition) is 4. The lowest BCUT2D eigenvalue weighted by molar-refractivity contribution is -0.123. The second-order valence-corrected chi connectivity index (χ2v) is 7.06. The van der Waals surface area contributed by atoms with E-state index in [2.05, 4.69) is 0 Å². The summed E-state index contributed by atoms with van der Waals surface area (Å²) in [6.07, 6.45) is 3.02. The van der Waals surface area contributed by atoms with Gasteiger partial charge in [-0.05, 0) is 17.7 Å². The van der Waals surface area contributed by atoms with E-state index in [1.165, 1.54) is 11.5 Å². The molecule has 0 N–H and O–H groups in total. The third-order valence-electron chi connectivity index (χ3n) is 3.62. The van der Waals surface area contributed by atoms with Crippen LogP contribution in [0.2, 0.25) is 0 Å². The van der Waals surface area contributed by atoms with Crippen molar-refractivity contribution in [3.05, 3.63) is 88.7 Å². The van der Waals surface area contributed by atoms with Crippen LogP contribution in [-0.2, 0) is 25.1 Å². The van der Waals surface area contributed by atoms with Crippen molar-refractivity contribution in [3.8, 4) is 0 Å². The van der Waals surface area contributed by atoms with Crippen molar-refractivity contribution in [2.75, 3.05) is 13.2 Å². The molecule has 3 rings (SSSR count). The molecular formula is C19H18O4S. The minimum absolute atomic E-state index is 0.416. The second-order valence-electron chi connectivity index (χ2n) is 5.34. The third kappa shape index (κ3) is 4.00. The normalized spacial score (nSPS) is 17.7.